The zero-order chi connectivity index (χ0) is 12.3. The van der Waals surface area contributed by atoms with Crippen LogP contribution < -0.4 is 10.6 Å². The molecule has 0 saturated carbocycles. The minimum Gasteiger partial charge on any atom is -0.352 e. The fourth-order valence-corrected chi connectivity index (χ4v) is 1.92. The van der Waals surface area contributed by atoms with Gasteiger partial charge in [-0.25, -0.2) is 8.78 Å². The standard InChI is InChI=1S/C12H14F2N2O/c13-10-2-1-3-11(14)9(10)6-12(17)16-8-4-5-15-7-8/h1-3,8,15H,4-7H2,(H,16,17)/t8-/m0/s1. The van der Waals surface area contributed by atoms with Crippen LogP contribution in [0.5, 0.6) is 0 Å². The summed E-state index contributed by atoms with van der Waals surface area (Å²) < 4.78 is 26.6. The van der Waals surface area contributed by atoms with Crippen molar-refractivity contribution in [3.63, 3.8) is 0 Å². The lowest BCUT2D eigenvalue weighted by molar-refractivity contribution is -0.121. The van der Waals surface area contributed by atoms with Crippen LogP contribution in [-0.4, -0.2) is 25.0 Å². The molecule has 1 heterocycles. The summed E-state index contributed by atoms with van der Waals surface area (Å²) >= 11 is 0. The highest BCUT2D eigenvalue weighted by Gasteiger charge is 2.18. The van der Waals surface area contributed by atoms with Crippen molar-refractivity contribution in [3.8, 4) is 0 Å². The van der Waals surface area contributed by atoms with Gasteiger partial charge in [0.25, 0.3) is 0 Å². The summed E-state index contributed by atoms with van der Waals surface area (Å²) in [4.78, 5) is 11.6. The van der Waals surface area contributed by atoms with Gasteiger partial charge in [0.1, 0.15) is 11.6 Å². The Bertz CT molecular complexity index is 397. The molecule has 0 radical (unpaired) electrons. The number of carbonyl (C=O) groups is 1. The molecule has 1 saturated heterocycles. The van der Waals surface area contributed by atoms with E-state index in [9.17, 15) is 13.6 Å². The smallest absolute Gasteiger partial charge is 0.224 e. The van der Waals surface area contributed by atoms with Crippen LogP contribution in [0.2, 0.25) is 0 Å². The van der Waals surface area contributed by atoms with Crippen molar-refractivity contribution in [1.82, 2.24) is 10.6 Å². The van der Waals surface area contributed by atoms with Gasteiger partial charge in [-0.3, -0.25) is 4.79 Å². The second-order valence-corrected chi connectivity index (χ2v) is 4.13. The molecule has 1 amide bonds. The Hall–Kier alpha value is -1.49. The van der Waals surface area contributed by atoms with Crippen molar-refractivity contribution >= 4 is 5.91 Å². The molecule has 5 heteroatoms. The van der Waals surface area contributed by atoms with Gasteiger partial charge < -0.3 is 10.6 Å². The summed E-state index contributed by atoms with van der Waals surface area (Å²) in [7, 11) is 0. The molecule has 92 valence electrons. The minimum absolute atomic E-state index is 0.0670. The lowest BCUT2D eigenvalue weighted by atomic mass is 10.1. The Morgan fingerprint density at radius 2 is 2.12 bits per heavy atom. The number of carbonyl (C=O) groups excluding carboxylic acids is 1. The van der Waals surface area contributed by atoms with Gasteiger partial charge in [0.05, 0.1) is 6.42 Å². The quantitative estimate of drug-likeness (QED) is 0.827. The molecule has 1 aliphatic heterocycles. The minimum atomic E-state index is -0.676. The van der Waals surface area contributed by atoms with E-state index < -0.39 is 11.6 Å². The molecule has 1 fully saturated rings. The molecule has 1 aliphatic rings. The van der Waals surface area contributed by atoms with Crippen molar-refractivity contribution in [2.45, 2.75) is 18.9 Å². The fourth-order valence-electron chi connectivity index (χ4n) is 1.92. The average molecular weight is 240 g/mol. The molecule has 1 atom stereocenters. The zero-order valence-electron chi connectivity index (χ0n) is 9.30. The van der Waals surface area contributed by atoms with Gasteiger partial charge in [0.15, 0.2) is 0 Å². The van der Waals surface area contributed by atoms with E-state index >= 15 is 0 Å². The summed E-state index contributed by atoms with van der Waals surface area (Å²) in [6, 6.07) is 3.66. The molecule has 3 nitrogen and oxygen atoms in total. The third kappa shape index (κ3) is 3.00. The van der Waals surface area contributed by atoms with Gasteiger partial charge >= 0.3 is 0 Å². The lowest BCUT2D eigenvalue weighted by Crippen LogP contribution is -2.37. The average Bonchev–Trinajstić information content (AvgIpc) is 2.76. The maximum absolute atomic E-state index is 13.3. The van der Waals surface area contributed by atoms with E-state index in [0.717, 1.165) is 25.1 Å². The molecule has 0 aromatic heterocycles. The second-order valence-electron chi connectivity index (χ2n) is 4.13. The van der Waals surface area contributed by atoms with Crippen LogP contribution in [0, 0.1) is 11.6 Å². The second kappa shape index (κ2) is 5.23. The summed E-state index contributed by atoms with van der Waals surface area (Å²) in [6.45, 7) is 1.57. The van der Waals surface area contributed by atoms with Gasteiger partial charge in [-0.05, 0) is 25.1 Å². The Kier molecular flexibility index (Phi) is 3.68. The molecule has 1 aromatic rings. The number of benzene rings is 1. The molecular formula is C12H14F2N2O. The topological polar surface area (TPSA) is 41.1 Å². The molecule has 0 bridgehead atoms. The van der Waals surface area contributed by atoms with Crippen LogP contribution in [0.15, 0.2) is 18.2 Å². The first-order chi connectivity index (χ1) is 8.16. The van der Waals surface area contributed by atoms with Gasteiger partial charge in [-0.2, -0.15) is 0 Å². The van der Waals surface area contributed by atoms with Gasteiger partial charge in [0, 0.05) is 18.2 Å². The van der Waals surface area contributed by atoms with E-state index in [4.69, 9.17) is 0 Å². The highest BCUT2D eigenvalue weighted by Crippen LogP contribution is 2.12. The van der Waals surface area contributed by atoms with Crippen molar-refractivity contribution in [2.75, 3.05) is 13.1 Å². The number of nitrogens with one attached hydrogen (secondary N) is 2. The van der Waals surface area contributed by atoms with E-state index in [-0.39, 0.29) is 23.9 Å². The number of amides is 1. The number of hydrogen-bond acceptors (Lipinski definition) is 2. The van der Waals surface area contributed by atoms with Crippen LogP contribution in [0.25, 0.3) is 0 Å². The molecule has 2 N–H and O–H groups in total. The normalized spacial score (nSPS) is 19.3. The predicted octanol–water partition coefficient (Wildman–Crippen LogP) is 0.985. The van der Waals surface area contributed by atoms with Crippen LogP contribution in [0.3, 0.4) is 0 Å². The Labute approximate surface area is 98.2 Å². The first-order valence-corrected chi connectivity index (χ1v) is 5.60. The molecule has 2 rings (SSSR count). The zero-order valence-corrected chi connectivity index (χ0v) is 9.30. The Balaban J connectivity index is 1.97. The van der Waals surface area contributed by atoms with Gasteiger partial charge in [-0.1, -0.05) is 6.07 Å². The highest BCUT2D eigenvalue weighted by atomic mass is 19.1. The first kappa shape index (κ1) is 12.0. The third-order valence-corrected chi connectivity index (χ3v) is 2.82. The van der Waals surface area contributed by atoms with E-state index in [2.05, 4.69) is 10.6 Å². The van der Waals surface area contributed by atoms with Crippen LogP contribution in [0.1, 0.15) is 12.0 Å². The Morgan fingerprint density at radius 1 is 1.41 bits per heavy atom. The van der Waals surface area contributed by atoms with Crippen LogP contribution >= 0.6 is 0 Å². The van der Waals surface area contributed by atoms with Crippen molar-refractivity contribution < 1.29 is 13.6 Å². The molecular weight excluding hydrogens is 226 g/mol. The maximum Gasteiger partial charge on any atom is 0.224 e. The summed E-state index contributed by atoms with van der Waals surface area (Å²) in [5, 5.41) is 5.85. The predicted molar refractivity (Wildman–Crippen MR) is 59.5 cm³/mol. The first-order valence-electron chi connectivity index (χ1n) is 5.60. The molecule has 17 heavy (non-hydrogen) atoms. The van der Waals surface area contributed by atoms with Crippen molar-refractivity contribution in [3.05, 3.63) is 35.4 Å². The lowest BCUT2D eigenvalue weighted by Gasteiger charge is -2.11. The van der Waals surface area contributed by atoms with E-state index in [0.29, 0.717) is 6.54 Å². The molecule has 0 spiro atoms. The number of halogens is 2. The monoisotopic (exact) mass is 240 g/mol. The summed E-state index contributed by atoms with van der Waals surface area (Å²) in [5.74, 6) is -1.70. The van der Waals surface area contributed by atoms with Crippen molar-refractivity contribution in [1.29, 1.82) is 0 Å². The molecule has 0 aliphatic carbocycles. The van der Waals surface area contributed by atoms with E-state index in [1.54, 1.807) is 0 Å². The molecule has 0 unspecified atom stereocenters. The molecule has 1 aromatic carbocycles. The van der Waals surface area contributed by atoms with Crippen LogP contribution in [-0.2, 0) is 11.2 Å². The van der Waals surface area contributed by atoms with Gasteiger partial charge in [-0.15, -0.1) is 0 Å². The Morgan fingerprint density at radius 3 is 2.71 bits per heavy atom. The number of hydrogen-bond donors (Lipinski definition) is 2. The fraction of sp³-hybridized carbons (Fsp3) is 0.417. The maximum atomic E-state index is 13.3. The van der Waals surface area contributed by atoms with Crippen molar-refractivity contribution in [2.24, 2.45) is 0 Å². The largest absolute Gasteiger partial charge is 0.352 e. The van der Waals surface area contributed by atoms with E-state index in [1.807, 2.05) is 0 Å². The van der Waals surface area contributed by atoms with Gasteiger partial charge in [0.2, 0.25) is 5.91 Å². The van der Waals surface area contributed by atoms with E-state index in [1.165, 1.54) is 6.07 Å². The van der Waals surface area contributed by atoms with Crippen LogP contribution in [0.4, 0.5) is 8.78 Å². The summed E-state index contributed by atoms with van der Waals surface area (Å²) in [5.41, 5.74) is -0.170. The SMILES string of the molecule is O=C(Cc1c(F)cccc1F)N[C@H]1CCNC1. The third-order valence-electron chi connectivity index (χ3n) is 2.82. The number of rotatable bonds is 3. The summed E-state index contributed by atoms with van der Waals surface area (Å²) in [6.07, 6.45) is 0.598. The highest BCUT2D eigenvalue weighted by molar-refractivity contribution is 5.79.